The normalized spacial score (nSPS) is 18.8. The quantitative estimate of drug-likeness (QED) is 0.632. The number of carbonyl (C=O) groups is 1. The fraction of sp³-hybridized carbons (Fsp3) is 0.500. The van der Waals surface area contributed by atoms with Crippen LogP contribution < -0.4 is 0 Å². The van der Waals surface area contributed by atoms with E-state index >= 15 is 0 Å². The molecule has 1 heterocycles. The van der Waals surface area contributed by atoms with Gasteiger partial charge in [-0.15, -0.1) is 0 Å². The van der Waals surface area contributed by atoms with Gasteiger partial charge in [0.2, 0.25) is 5.60 Å². The van der Waals surface area contributed by atoms with Gasteiger partial charge >= 0.3 is 12.0 Å². The first-order valence-electron chi connectivity index (χ1n) is 3.94. The van der Waals surface area contributed by atoms with Crippen molar-refractivity contribution in [1.82, 2.24) is 0 Å². The topological polar surface area (TPSA) is 73.3 Å². The number of hydrogen-bond donors (Lipinski definition) is 1. The van der Waals surface area contributed by atoms with Gasteiger partial charge in [0, 0.05) is 0 Å². The minimum atomic E-state index is -1.47. The molecule has 0 radical (unpaired) electrons. The van der Waals surface area contributed by atoms with Gasteiger partial charge in [-0.3, -0.25) is 0 Å². The summed E-state index contributed by atoms with van der Waals surface area (Å²) in [4.78, 5) is 18.5. The molecule has 0 aliphatic carbocycles. The maximum atomic E-state index is 11.2. The summed E-state index contributed by atoms with van der Waals surface area (Å²) in [5.74, 6) is -0.735. The van der Waals surface area contributed by atoms with E-state index in [9.17, 15) is 9.90 Å². The molecule has 1 unspecified atom stereocenters. The monoisotopic (exact) mass is 183 g/mol. The molecule has 1 N–H and O–H groups in total. The van der Waals surface area contributed by atoms with Crippen molar-refractivity contribution in [2.45, 2.75) is 25.9 Å². The summed E-state index contributed by atoms with van der Waals surface area (Å²) in [6, 6.07) is -0.0290. The number of nitrogens with zero attached hydrogens (tertiary/aromatic N) is 2. The average molecular weight is 183 g/mol. The van der Waals surface area contributed by atoms with Crippen molar-refractivity contribution in [2.24, 2.45) is 9.98 Å². The Balaban J connectivity index is 2.75. The van der Waals surface area contributed by atoms with E-state index in [1.54, 1.807) is 6.92 Å². The zero-order valence-electron chi connectivity index (χ0n) is 7.52. The number of aliphatic imine (C=N–C) groups is 2. The van der Waals surface area contributed by atoms with E-state index in [0.29, 0.717) is 0 Å². The lowest BCUT2D eigenvalue weighted by Crippen LogP contribution is -2.31. The van der Waals surface area contributed by atoms with Crippen LogP contribution in [0.1, 0.15) is 20.3 Å². The second-order valence-corrected chi connectivity index (χ2v) is 2.86. The van der Waals surface area contributed by atoms with Crippen molar-refractivity contribution in [1.29, 1.82) is 0 Å². The smallest absolute Gasteiger partial charge is 0.374 e. The third kappa shape index (κ3) is 2.29. The Kier molecular flexibility index (Phi) is 2.67. The molecular weight excluding hydrogens is 172 g/mol. The first-order chi connectivity index (χ1) is 6.06. The molecule has 1 atom stereocenters. The average Bonchev–Trinajstić information content (AvgIpc) is 2.57. The first kappa shape index (κ1) is 9.73. The predicted octanol–water partition coefficient (Wildman–Crippen LogP) is 0.485. The summed E-state index contributed by atoms with van der Waals surface area (Å²) in [5, 5.41) is 9.46. The highest BCUT2D eigenvalue weighted by Crippen LogP contribution is 2.13. The van der Waals surface area contributed by atoms with Crippen LogP contribution in [-0.4, -0.2) is 35.1 Å². The highest BCUT2D eigenvalue weighted by molar-refractivity contribution is 6.25. The van der Waals surface area contributed by atoms with Crippen LogP contribution in [0.25, 0.3) is 0 Å². The maximum Gasteiger partial charge on any atom is 0.614 e. The number of amides is 2. The molecule has 5 heteroatoms. The largest absolute Gasteiger partial charge is 0.614 e. The minimum absolute atomic E-state index is 0.0290. The van der Waals surface area contributed by atoms with Crippen molar-refractivity contribution in [3.05, 3.63) is 0 Å². The lowest BCUT2D eigenvalue weighted by Gasteiger charge is -2.06. The van der Waals surface area contributed by atoms with Crippen molar-refractivity contribution < 1.29 is 14.3 Å². The molecule has 0 aromatic carbocycles. The van der Waals surface area contributed by atoms with Crippen molar-refractivity contribution in [3.8, 4) is 0 Å². The summed E-state index contributed by atoms with van der Waals surface area (Å²) in [6.07, 6.45) is 3.10. The lowest BCUT2D eigenvalue weighted by atomic mass is 10.1. The van der Waals surface area contributed by atoms with Crippen LogP contribution in [0.4, 0.5) is 4.42 Å². The van der Waals surface area contributed by atoms with Gasteiger partial charge in [0.05, 0.1) is 17.2 Å². The fourth-order valence-electron chi connectivity index (χ4n) is 0.617. The predicted molar refractivity (Wildman–Crippen MR) is 48.3 cm³/mol. The molecule has 0 spiro atoms. The summed E-state index contributed by atoms with van der Waals surface area (Å²) >= 11 is 0. The number of hydrogen-bond acceptors (Lipinski definition) is 2. The molecule has 0 saturated carbocycles. The molecule has 1 aliphatic rings. The fourth-order valence-corrected chi connectivity index (χ4v) is 0.617. The molecule has 0 aromatic rings. The zero-order chi connectivity index (χ0) is 9.90. The third-order valence-corrected chi connectivity index (χ3v) is 1.75. The second kappa shape index (κ2) is 3.57. The highest BCUT2D eigenvalue weighted by Gasteiger charge is 2.41. The molecule has 0 aromatic heterocycles. The standard InChI is InChI=1S/C8H11N2O3/c1-3-8(2,12)6(11)13-7-9-4-5-10-7/h4-5,12H,3H2,1-2H3/q+1. The number of aliphatic hydroxyl groups is 1. The Hall–Kier alpha value is -1.36. The summed E-state index contributed by atoms with van der Waals surface area (Å²) < 4.78 is 4.70. The van der Waals surface area contributed by atoms with E-state index in [1.165, 1.54) is 19.4 Å². The van der Waals surface area contributed by atoms with E-state index in [1.807, 2.05) is 0 Å². The van der Waals surface area contributed by atoms with Gasteiger partial charge in [-0.05, 0) is 13.3 Å². The molecule has 13 heavy (non-hydrogen) atoms. The molecule has 2 amide bonds. The van der Waals surface area contributed by atoms with Gasteiger partial charge in [-0.25, -0.2) is 4.42 Å². The van der Waals surface area contributed by atoms with Crippen LogP contribution in [0.3, 0.4) is 0 Å². The van der Waals surface area contributed by atoms with E-state index in [4.69, 9.17) is 4.42 Å². The van der Waals surface area contributed by atoms with Crippen LogP contribution in [0.5, 0.6) is 0 Å². The highest BCUT2D eigenvalue weighted by atomic mass is 16.5. The van der Waals surface area contributed by atoms with Gasteiger partial charge in [-0.1, -0.05) is 6.92 Å². The molecular formula is C8H11N2O3+. The van der Waals surface area contributed by atoms with Crippen LogP contribution in [0.15, 0.2) is 9.98 Å². The van der Waals surface area contributed by atoms with Crippen molar-refractivity contribution >= 4 is 24.4 Å². The van der Waals surface area contributed by atoms with Crippen molar-refractivity contribution in [3.63, 3.8) is 0 Å². The molecule has 1 aliphatic heterocycles. The van der Waals surface area contributed by atoms with E-state index in [2.05, 4.69) is 9.98 Å². The molecule has 70 valence electrons. The Labute approximate surface area is 75.5 Å². The van der Waals surface area contributed by atoms with E-state index in [0.717, 1.165) is 0 Å². The summed E-state index contributed by atoms with van der Waals surface area (Å²) in [6.45, 7) is 3.07. The Morgan fingerprint density at radius 3 is 2.62 bits per heavy atom. The molecule has 0 saturated heterocycles. The summed E-state index contributed by atoms with van der Waals surface area (Å²) in [7, 11) is 0. The molecule has 0 fully saturated rings. The number of carbonyl (C=O) groups excluding carboxylic acids is 2. The third-order valence-electron chi connectivity index (χ3n) is 1.75. The minimum Gasteiger partial charge on any atom is -0.374 e. The number of rotatable bonds is 2. The zero-order valence-corrected chi connectivity index (χ0v) is 7.52. The van der Waals surface area contributed by atoms with E-state index in [-0.39, 0.29) is 12.5 Å². The van der Waals surface area contributed by atoms with Crippen LogP contribution >= 0.6 is 0 Å². The molecule has 1 rings (SSSR count). The second-order valence-electron chi connectivity index (χ2n) is 2.86. The van der Waals surface area contributed by atoms with Gasteiger partial charge in [0.25, 0.3) is 0 Å². The van der Waals surface area contributed by atoms with Crippen LogP contribution in [0.2, 0.25) is 0 Å². The maximum absolute atomic E-state index is 11.2. The summed E-state index contributed by atoms with van der Waals surface area (Å²) in [5.41, 5.74) is -1.47. The Morgan fingerprint density at radius 2 is 2.15 bits per heavy atom. The van der Waals surface area contributed by atoms with Gasteiger partial charge in [0.15, 0.2) is 0 Å². The molecule has 0 bridgehead atoms. The Morgan fingerprint density at radius 1 is 1.62 bits per heavy atom. The van der Waals surface area contributed by atoms with E-state index < -0.39 is 11.6 Å². The first-order valence-corrected chi connectivity index (χ1v) is 3.94. The Bertz CT molecular complexity index is 289. The van der Waals surface area contributed by atoms with Gasteiger partial charge < -0.3 is 5.11 Å². The van der Waals surface area contributed by atoms with Gasteiger partial charge in [-0.2, -0.15) is 9.98 Å². The lowest BCUT2D eigenvalue weighted by molar-refractivity contribution is -0.213. The van der Waals surface area contributed by atoms with Gasteiger partial charge in [0.1, 0.15) is 0 Å². The van der Waals surface area contributed by atoms with Crippen molar-refractivity contribution in [2.75, 3.05) is 0 Å². The van der Waals surface area contributed by atoms with Crippen LogP contribution in [0, 0.1) is 0 Å². The SMILES string of the molecule is CCC(C)(O)C(=O)[O+]=C1N=CC=N1. The number of urea groups is 1. The van der Waals surface area contributed by atoms with Crippen LogP contribution in [-0.2, 0) is 4.79 Å². The molecule has 5 nitrogen and oxygen atoms in total.